The van der Waals surface area contributed by atoms with E-state index in [1.165, 1.54) is 4.88 Å². The average molecular weight is 362 g/mol. The van der Waals surface area contributed by atoms with E-state index < -0.39 is 0 Å². The zero-order valence-electron chi connectivity index (χ0n) is 14.6. The maximum absolute atomic E-state index is 12.0. The van der Waals surface area contributed by atoms with Crippen molar-refractivity contribution in [3.8, 4) is 28.3 Å². The molecule has 0 bridgehead atoms. The quantitative estimate of drug-likeness (QED) is 0.463. The molecule has 0 amide bonds. The second-order valence-electron chi connectivity index (χ2n) is 5.91. The second-order valence-corrected chi connectivity index (χ2v) is 6.97. The van der Waals surface area contributed by atoms with Gasteiger partial charge in [-0.1, -0.05) is 49.4 Å². The minimum absolute atomic E-state index is 0.572. The zero-order chi connectivity index (χ0) is 18.1. The van der Waals surface area contributed by atoms with E-state index in [9.17, 15) is 4.79 Å². The molecule has 4 rings (SSSR count). The third-order valence-electron chi connectivity index (χ3n) is 4.41. The maximum atomic E-state index is 12.0. The number of aldehydes is 1. The van der Waals surface area contributed by atoms with Gasteiger partial charge in [0.1, 0.15) is 17.1 Å². The van der Waals surface area contributed by atoms with Crippen LogP contribution in [0.5, 0.6) is 5.75 Å². The number of hydrogen-bond acceptors (Lipinski definition) is 4. The number of hydrogen-bond donors (Lipinski definition) is 0. The Morgan fingerprint density at radius 2 is 1.88 bits per heavy atom. The van der Waals surface area contributed by atoms with E-state index in [1.54, 1.807) is 18.4 Å². The Labute approximate surface area is 155 Å². The molecule has 4 nitrogen and oxygen atoms in total. The Hall–Kier alpha value is -2.92. The molecule has 26 heavy (non-hydrogen) atoms. The lowest BCUT2D eigenvalue weighted by molar-refractivity contribution is 0.111. The first-order valence-corrected chi connectivity index (χ1v) is 9.27. The molecule has 0 N–H and O–H groups in total. The van der Waals surface area contributed by atoms with Crippen molar-refractivity contribution in [1.29, 1.82) is 0 Å². The van der Waals surface area contributed by atoms with Crippen molar-refractivity contribution in [1.82, 2.24) is 9.38 Å². The van der Waals surface area contributed by atoms with Gasteiger partial charge in [-0.3, -0.25) is 9.20 Å². The van der Waals surface area contributed by atoms with Crippen molar-refractivity contribution in [2.45, 2.75) is 13.3 Å². The molecule has 0 saturated carbocycles. The van der Waals surface area contributed by atoms with Gasteiger partial charge in [0.2, 0.25) is 0 Å². The molecule has 5 heteroatoms. The van der Waals surface area contributed by atoms with Crippen LogP contribution in [0.3, 0.4) is 0 Å². The van der Waals surface area contributed by atoms with Crippen molar-refractivity contribution >= 4 is 22.6 Å². The number of rotatable bonds is 5. The molecular formula is C21H18N2O2S. The Morgan fingerprint density at radius 3 is 2.58 bits per heavy atom. The number of carbonyl (C=O) groups excluding carboxylic acids is 1. The summed E-state index contributed by atoms with van der Waals surface area (Å²) in [5.74, 6) is 0.744. The molecule has 4 aromatic rings. The van der Waals surface area contributed by atoms with Gasteiger partial charge in [-0.05, 0) is 24.1 Å². The maximum Gasteiger partial charge on any atom is 0.195 e. The molecule has 0 aliphatic heterocycles. The van der Waals surface area contributed by atoms with Gasteiger partial charge in [0.05, 0.1) is 12.8 Å². The third-order valence-corrected chi connectivity index (χ3v) is 5.59. The summed E-state index contributed by atoms with van der Waals surface area (Å²) in [6.45, 7) is 2.13. The Bertz CT molecular complexity index is 1080. The van der Waals surface area contributed by atoms with Crippen molar-refractivity contribution in [3.05, 3.63) is 65.2 Å². The summed E-state index contributed by atoms with van der Waals surface area (Å²) < 4.78 is 7.30. The molecule has 0 atom stereocenters. The second kappa shape index (κ2) is 6.77. The molecule has 2 aromatic heterocycles. The Morgan fingerprint density at radius 1 is 1.12 bits per heavy atom. The van der Waals surface area contributed by atoms with Crippen LogP contribution in [-0.4, -0.2) is 22.8 Å². The summed E-state index contributed by atoms with van der Waals surface area (Å²) in [5, 5.41) is 0. The van der Waals surface area contributed by atoms with E-state index in [1.807, 2.05) is 46.9 Å². The van der Waals surface area contributed by atoms with E-state index >= 15 is 0 Å². The first-order valence-electron chi connectivity index (χ1n) is 8.46. The number of carbonyl (C=O) groups is 1. The highest BCUT2D eigenvalue weighted by Gasteiger charge is 2.21. The number of ether oxygens (including phenoxy) is 1. The van der Waals surface area contributed by atoms with Crippen molar-refractivity contribution in [2.24, 2.45) is 0 Å². The fourth-order valence-electron chi connectivity index (χ4n) is 3.20. The molecule has 0 radical (unpaired) electrons. The van der Waals surface area contributed by atoms with Gasteiger partial charge in [-0.25, -0.2) is 4.98 Å². The molecule has 0 unspecified atom stereocenters. The highest BCUT2D eigenvalue weighted by Crippen LogP contribution is 2.36. The number of benzene rings is 2. The van der Waals surface area contributed by atoms with Gasteiger partial charge in [0.25, 0.3) is 0 Å². The topological polar surface area (TPSA) is 43.6 Å². The average Bonchev–Trinajstić information content (AvgIpc) is 3.23. The minimum atomic E-state index is 0.572. The van der Waals surface area contributed by atoms with Gasteiger partial charge >= 0.3 is 0 Å². The summed E-state index contributed by atoms with van der Waals surface area (Å²) in [5.41, 5.74) is 4.28. The lowest BCUT2D eigenvalue weighted by Gasteiger charge is -2.06. The molecule has 2 aromatic carbocycles. The summed E-state index contributed by atoms with van der Waals surface area (Å²) in [6, 6.07) is 17.8. The van der Waals surface area contributed by atoms with Gasteiger partial charge in [0, 0.05) is 10.4 Å². The third kappa shape index (κ3) is 2.61. The van der Waals surface area contributed by atoms with Crippen LogP contribution in [0.4, 0.5) is 0 Å². The number of aromatic nitrogens is 2. The van der Waals surface area contributed by atoms with E-state index in [0.717, 1.165) is 40.2 Å². The van der Waals surface area contributed by atoms with Gasteiger partial charge in [-0.15, -0.1) is 11.3 Å². The summed E-state index contributed by atoms with van der Waals surface area (Å²) in [7, 11) is 1.63. The van der Waals surface area contributed by atoms with Crippen molar-refractivity contribution in [3.63, 3.8) is 0 Å². The predicted molar refractivity (Wildman–Crippen MR) is 105 cm³/mol. The molecule has 0 fully saturated rings. The van der Waals surface area contributed by atoms with E-state index in [0.29, 0.717) is 11.4 Å². The van der Waals surface area contributed by atoms with Gasteiger partial charge in [0.15, 0.2) is 11.2 Å². The van der Waals surface area contributed by atoms with E-state index in [-0.39, 0.29) is 0 Å². The highest BCUT2D eigenvalue weighted by atomic mass is 32.1. The number of thiazole rings is 1. The number of imidazole rings is 1. The Kier molecular flexibility index (Phi) is 4.31. The minimum Gasteiger partial charge on any atom is -0.497 e. The fraction of sp³-hybridized carbons (Fsp3) is 0.143. The number of methoxy groups -OCH3 is 1. The molecule has 0 aliphatic rings. The summed E-state index contributed by atoms with van der Waals surface area (Å²) in [4.78, 5) is 18.9. The smallest absolute Gasteiger partial charge is 0.195 e. The molecule has 0 aliphatic carbocycles. The van der Waals surface area contributed by atoms with Crippen molar-refractivity contribution in [2.75, 3.05) is 7.11 Å². The van der Waals surface area contributed by atoms with E-state index in [4.69, 9.17) is 9.72 Å². The van der Waals surface area contributed by atoms with Crippen LogP contribution in [0.2, 0.25) is 0 Å². The first kappa shape index (κ1) is 16.5. The predicted octanol–water partition coefficient (Wildman–Crippen LogP) is 5.11. The van der Waals surface area contributed by atoms with Crippen LogP contribution >= 0.6 is 11.3 Å². The van der Waals surface area contributed by atoms with E-state index in [2.05, 4.69) is 19.1 Å². The fourth-order valence-corrected chi connectivity index (χ4v) is 4.29. The largest absolute Gasteiger partial charge is 0.497 e. The summed E-state index contributed by atoms with van der Waals surface area (Å²) >= 11 is 1.64. The zero-order valence-corrected chi connectivity index (χ0v) is 15.4. The normalized spacial score (nSPS) is 11.0. The van der Waals surface area contributed by atoms with Crippen LogP contribution in [0.15, 0.2) is 54.6 Å². The molecule has 0 spiro atoms. The highest BCUT2D eigenvalue weighted by molar-refractivity contribution is 7.17. The SMILES string of the molecule is CCc1sc2nc(-c3cccc(OC)c3)c(C=O)n2c1-c1ccccc1. The van der Waals surface area contributed by atoms with Crippen LogP contribution in [0.25, 0.3) is 27.5 Å². The molecule has 0 saturated heterocycles. The van der Waals surface area contributed by atoms with Crippen LogP contribution in [-0.2, 0) is 6.42 Å². The van der Waals surface area contributed by atoms with Gasteiger partial charge < -0.3 is 4.74 Å². The number of fused-ring (bicyclic) bond motifs is 1. The lowest BCUT2D eigenvalue weighted by atomic mass is 10.1. The first-order chi connectivity index (χ1) is 12.8. The Balaban J connectivity index is 2.01. The molecule has 2 heterocycles. The van der Waals surface area contributed by atoms with Crippen LogP contribution < -0.4 is 4.74 Å². The molecule has 130 valence electrons. The number of nitrogens with zero attached hydrogens (tertiary/aromatic N) is 2. The van der Waals surface area contributed by atoms with Crippen LogP contribution in [0.1, 0.15) is 22.3 Å². The van der Waals surface area contributed by atoms with Gasteiger partial charge in [-0.2, -0.15) is 0 Å². The van der Waals surface area contributed by atoms with Crippen molar-refractivity contribution < 1.29 is 9.53 Å². The van der Waals surface area contributed by atoms with Crippen LogP contribution in [0, 0.1) is 0 Å². The molecular weight excluding hydrogens is 344 g/mol. The lowest BCUT2D eigenvalue weighted by Crippen LogP contribution is -1.96. The monoisotopic (exact) mass is 362 g/mol. The summed E-state index contributed by atoms with van der Waals surface area (Å²) in [6.07, 6.45) is 1.79. The number of aryl methyl sites for hydroxylation is 1. The standard InChI is InChI=1S/C21H18N2O2S/c1-3-18-20(14-8-5-4-6-9-14)23-17(13-24)19(22-21(23)26-18)15-10-7-11-16(12-15)25-2/h4-13H,3H2,1-2H3.